The van der Waals surface area contributed by atoms with Crippen molar-refractivity contribution >= 4 is 37.8 Å². The highest BCUT2D eigenvalue weighted by molar-refractivity contribution is 9.12. The highest BCUT2D eigenvalue weighted by atomic mass is 79.9. The van der Waals surface area contributed by atoms with Crippen LogP contribution in [0.1, 0.15) is 12.8 Å². The van der Waals surface area contributed by atoms with Gasteiger partial charge in [-0.3, -0.25) is 4.79 Å². The molecule has 13 heavy (non-hydrogen) atoms. The van der Waals surface area contributed by atoms with Crippen LogP contribution in [0, 0.1) is 17.8 Å². The number of hydrogen-bond acceptors (Lipinski definition) is 2. The number of carbonyl (C=O) groups is 1. The lowest BCUT2D eigenvalue weighted by atomic mass is 10.0. The maximum atomic E-state index is 11.3. The van der Waals surface area contributed by atoms with Crippen LogP contribution in [0.5, 0.6) is 0 Å². The van der Waals surface area contributed by atoms with E-state index in [1.165, 1.54) is 7.11 Å². The van der Waals surface area contributed by atoms with Gasteiger partial charge in [-0.15, -0.1) is 0 Å². The summed E-state index contributed by atoms with van der Waals surface area (Å²) in [5, 5.41) is 0. The second-order valence-corrected chi connectivity index (χ2v) is 6.23. The standard InChI is InChI=1S/C9H12Br2O2/c1-13-9(12)8-4-2-6(10)7(11)3-5(4)8/h4-8H,2-3H2,1H3. The third-order valence-electron chi connectivity index (χ3n) is 3.19. The lowest BCUT2D eigenvalue weighted by Gasteiger charge is -2.20. The van der Waals surface area contributed by atoms with Gasteiger partial charge in [0.2, 0.25) is 0 Å². The summed E-state index contributed by atoms with van der Waals surface area (Å²) in [4.78, 5) is 12.3. The van der Waals surface area contributed by atoms with E-state index in [0.29, 0.717) is 21.5 Å². The van der Waals surface area contributed by atoms with Gasteiger partial charge < -0.3 is 4.74 Å². The van der Waals surface area contributed by atoms with Gasteiger partial charge in [-0.2, -0.15) is 0 Å². The lowest BCUT2D eigenvalue weighted by molar-refractivity contribution is -0.142. The zero-order valence-corrected chi connectivity index (χ0v) is 10.5. The Morgan fingerprint density at radius 3 is 2.08 bits per heavy atom. The monoisotopic (exact) mass is 310 g/mol. The van der Waals surface area contributed by atoms with Crippen molar-refractivity contribution in [2.75, 3.05) is 7.11 Å². The van der Waals surface area contributed by atoms with Crippen molar-refractivity contribution in [1.82, 2.24) is 0 Å². The van der Waals surface area contributed by atoms with Crippen LogP contribution in [0.3, 0.4) is 0 Å². The van der Waals surface area contributed by atoms with E-state index in [2.05, 4.69) is 31.9 Å². The number of hydrogen-bond donors (Lipinski definition) is 0. The Labute approximate surface area is 94.7 Å². The van der Waals surface area contributed by atoms with Gasteiger partial charge >= 0.3 is 5.97 Å². The molecule has 74 valence electrons. The highest BCUT2D eigenvalue weighted by Gasteiger charge is 2.58. The molecule has 4 heteroatoms. The topological polar surface area (TPSA) is 26.3 Å². The lowest BCUT2D eigenvalue weighted by Crippen LogP contribution is -2.20. The molecular weight excluding hydrogens is 300 g/mol. The summed E-state index contributed by atoms with van der Waals surface area (Å²) in [6, 6.07) is 0. The van der Waals surface area contributed by atoms with E-state index in [4.69, 9.17) is 4.74 Å². The molecule has 4 atom stereocenters. The molecule has 0 aromatic carbocycles. The maximum absolute atomic E-state index is 11.3. The van der Waals surface area contributed by atoms with Gasteiger partial charge in [0.05, 0.1) is 13.0 Å². The van der Waals surface area contributed by atoms with Gasteiger partial charge in [0.1, 0.15) is 0 Å². The molecule has 0 bridgehead atoms. The molecule has 0 N–H and O–H groups in total. The SMILES string of the molecule is COC(=O)C1C2CC(Br)C(Br)CC21. The van der Waals surface area contributed by atoms with Crippen LogP contribution in [0.25, 0.3) is 0 Å². The fourth-order valence-electron chi connectivity index (χ4n) is 2.39. The number of alkyl halides is 2. The van der Waals surface area contributed by atoms with Crippen molar-refractivity contribution in [3.05, 3.63) is 0 Å². The van der Waals surface area contributed by atoms with Gasteiger partial charge in [0.15, 0.2) is 0 Å². The number of ether oxygens (including phenoxy) is 1. The molecule has 0 aromatic rings. The first-order valence-corrected chi connectivity index (χ1v) is 6.34. The minimum atomic E-state index is -0.0173. The summed E-state index contributed by atoms with van der Waals surface area (Å²) >= 11 is 7.24. The fraction of sp³-hybridized carbons (Fsp3) is 0.889. The number of methoxy groups -OCH3 is 1. The van der Waals surface area contributed by atoms with Gasteiger partial charge in [-0.05, 0) is 24.7 Å². The van der Waals surface area contributed by atoms with Gasteiger partial charge in [0.25, 0.3) is 0 Å². The second kappa shape index (κ2) is 3.54. The van der Waals surface area contributed by atoms with Crippen LogP contribution in [-0.2, 0) is 9.53 Å². The van der Waals surface area contributed by atoms with Gasteiger partial charge in [-0.1, -0.05) is 31.9 Å². The van der Waals surface area contributed by atoms with Crippen LogP contribution < -0.4 is 0 Å². The number of carbonyl (C=O) groups excluding carboxylic acids is 1. The summed E-state index contributed by atoms with van der Waals surface area (Å²) in [7, 11) is 1.48. The van der Waals surface area contributed by atoms with Crippen molar-refractivity contribution in [1.29, 1.82) is 0 Å². The van der Waals surface area contributed by atoms with Crippen molar-refractivity contribution in [2.24, 2.45) is 17.8 Å². The molecule has 2 nitrogen and oxygen atoms in total. The van der Waals surface area contributed by atoms with Crippen LogP contribution >= 0.6 is 31.9 Å². The van der Waals surface area contributed by atoms with E-state index < -0.39 is 0 Å². The van der Waals surface area contributed by atoms with Crippen LogP contribution in [0.4, 0.5) is 0 Å². The minimum absolute atomic E-state index is 0.0173. The van der Waals surface area contributed by atoms with Crippen molar-refractivity contribution in [2.45, 2.75) is 22.5 Å². The molecule has 0 amide bonds. The molecule has 4 unspecified atom stereocenters. The minimum Gasteiger partial charge on any atom is -0.469 e. The van der Waals surface area contributed by atoms with E-state index >= 15 is 0 Å². The zero-order chi connectivity index (χ0) is 9.59. The molecule has 0 saturated heterocycles. The summed E-state index contributed by atoms with van der Waals surface area (Å²) in [5.41, 5.74) is 0. The molecule has 0 radical (unpaired) electrons. The first-order chi connectivity index (χ1) is 6.15. The van der Waals surface area contributed by atoms with E-state index in [0.717, 1.165) is 12.8 Å². The average molecular weight is 312 g/mol. The Morgan fingerprint density at radius 2 is 1.69 bits per heavy atom. The van der Waals surface area contributed by atoms with Crippen molar-refractivity contribution in [3.63, 3.8) is 0 Å². The van der Waals surface area contributed by atoms with Gasteiger partial charge in [0, 0.05) is 9.65 Å². The molecular formula is C9H12Br2O2. The number of halogens is 2. The quantitative estimate of drug-likeness (QED) is 0.549. The van der Waals surface area contributed by atoms with E-state index in [-0.39, 0.29) is 11.9 Å². The summed E-state index contributed by atoms with van der Waals surface area (Å²) in [6.07, 6.45) is 2.20. The second-order valence-electron chi connectivity index (χ2n) is 3.88. The van der Waals surface area contributed by atoms with Crippen LogP contribution in [0.2, 0.25) is 0 Å². The molecule has 0 aliphatic heterocycles. The third kappa shape index (κ3) is 1.67. The predicted octanol–water partition coefficient (Wildman–Crippen LogP) is 2.34. The number of esters is 1. The normalized spacial score (nSPS) is 48.1. The molecule has 2 aliphatic rings. The number of rotatable bonds is 1. The molecule has 0 heterocycles. The van der Waals surface area contributed by atoms with Gasteiger partial charge in [-0.25, -0.2) is 0 Å². The zero-order valence-electron chi connectivity index (χ0n) is 7.37. The molecule has 2 aliphatic carbocycles. The summed E-state index contributed by atoms with van der Waals surface area (Å²) in [6.45, 7) is 0. The van der Waals surface area contributed by atoms with Crippen LogP contribution in [0.15, 0.2) is 0 Å². The Hall–Kier alpha value is 0.430. The molecule has 2 rings (SSSR count). The maximum Gasteiger partial charge on any atom is 0.309 e. The Bertz CT molecular complexity index is 216. The molecule has 0 spiro atoms. The van der Waals surface area contributed by atoms with E-state index in [1.807, 2.05) is 0 Å². The van der Waals surface area contributed by atoms with Crippen LogP contribution in [-0.4, -0.2) is 22.7 Å². The molecule has 2 saturated carbocycles. The Balaban J connectivity index is 1.98. The number of fused-ring (bicyclic) bond motifs is 1. The fourth-order valence-corrected chi connectivity index (χ4v) is 3.68. The van der Waals surface area contributed by atoms with Crippen molar-refractivity contribution < 1.29 is 9.53 Å². The first-order valence-electron chi connectivity index (χ1n) is 4.51. The van der Waals surface area contributed by atoms with Crippen molar-refractivity contribution in [3.8, 4) is 0 Å². The van der Waals surface area contributed by atoms with E-state index in [9.17, 15) is 4.79 Å². The molecule has 0 aromatic heterocycles. The highest BCUT2D eigenvalue weighted by Crippen LogP contribution is 2.58. The predicted molar refractivity (Wildman–Crippen MR) is 57.2 cm³/mol. The third-order valence-corrected chi connectivity index (χ3v) is 5.93. The summed E-state index contributed by atoms with van der Waals surface area (Å²) < 4.78 is 4.77. The largest absolute Gasteiger partial charge is 0.469 e. The smallest absolute Gasteiger partial charge is 0.309 e. The first kappa shape index (κ1) is 9.97. The average Bonchev–Trinajstić information content (AvgIpc) is 2.77. The Morgan fingerprint density at radius 1 is 1.23 bits per heavy atom. The van der Waals surface area contributed by atoms with E-state index in [1.54, 1.807) is 0 Å². The summed E-state index contributed by atoms with van der Waals surface area (Å²) in [5.74, 6) is 1.32. The Kier molecular flexibility index (Phi) is 2.71. The molecule has 2 fully saturated rings.